The third-order valence-electron chi connectivity index (χ3n) is 3.73. The normalized spacial score (nSPS) is 18.9. The maximum absolute atomic E-state index is 9.26. The van der Waals surface area contributed by atoms with Gasteiger partial charge >= 0.3 is 0 Å². The molecule has 3 nitrogen and oxygen atoms in total. The van der Waals surface area contributed by atoms with Crippen LogP contribution in [-0.4, -0.2) is 18.1 Å². The minimum atomic E-state index is 0.181. The van der Waals surface area contributed by atoms with E-state index in [2.05, 4.69) is 55.7 Å². The molecule has 1 aliphatic heterocycles. The van der Waals surface area contributed by atoms with Crippen LogP contribution < -0.4 is 4.90 Å². The summed E-state index contributed by atoms with van der Waals surface area (Å²) in [5, 5.41) is 9.26. The minimum absolute atomic E-state index is 0.181. The van der Waals surface area contributed by atoms with Crippen molar-refractivity contribution in [3.63, 3.8) is 0 Å². The summed E-state index contributed by atoms with van der Waals surface area (Å²) in [5.41, 5.74) is 5.59. The third kappa shape index (κ3) is 1.84. The Morgan fingerprint density at radius 1 is 1.11 bits per heavy atom. The summed E-state index contributed by atoms with van der Waals surface area (Å²) in [7, 11) is 2.00. The predicted octanol–water partition coefficient (Wildman–Crippen LogP) is 3.07. The second-order valence-corrected chi connectivity index (χ2v) is 5.02. The molecule has 0 radical (unpaired) electrons. The second-order valence-electron chi connectivity index (χ2n) is 5.02. The summed E-state index contributed by atoms with van der Waals surface area (Å²) < 4.78 is 0. The first-order valence-electron chi connectivity index (χ1n) is 6.16. The Bertz CT molecular complexity index is 552. The molecule has 0 aromatic heterocycles. The molecule has 0 fully saturated rings. The van der Waals surface area contributed by atoms with Crippen LogP contribution in [0.2, 0.25) is 0 Å². The number of benzene rings is 1. The minimum Gasteiger partial charge on any atom is -0.358 e. The van der Waals surface area contributed by atoms with Crippen molar-refractivity contribution in [2.75, 3.05) is 11.9 Å². The highest BCUT2D eigenvalue weighted by Crippen LogP contribution is 2.32. The van der Waals surface area contributed by atoms with Gasteiger partial charge in [-0.15, -0.1) is 0 Å². The van der Waals surface area contributed by atoms with E-state index in [1.165, 1.54) is 16.7 Å². The molecule has 0 saturated heterocycles. The van der Waals surface area contributed by atoms with Gasteiger partial charge in [-0.25, -0.2) is 0 Å². The molecule has 0 amide bonds. The maximum atomic E-state index is 9.26. The van der Waals surface area contributed by atoms with Crippen LogP contribution in [0.4, 0.5) is 5.69 Å². The van der Waals surface area contributed by atoms with E-state index in [0.29, 0.717) is 5.70 Å². The lowest BCUT2D eigenvalue weighted by Crippen LogP contribution is -2.35. The molecular formula is C15H19N3. The molecule has 1 heterocycles. The fraction of sp³-hybridized carbons (Fsp3) is 0.400. The van der Waals surface area contributed by atoms with Gasteiger partial charge in [0.25, 0.3) is 0 Å². The van der Waals surface area contributed by atoms with Crippen molar-refractivity contribution in [1.82, 2.24) is 4.90 Å². The molecule has 0 spiro atoms. The van der Waals surface area contributed by atoms with Crippen LogP contribution in [0.5, 0.6) is 0 Å². The molecular weight excluding hydrogens is 222 g/mol. The van der Waals surface area contributed by atoms with Gasteiger partial charge in [-0.2, -0.15) is 5.26 Å². The molecule has 1 atom stereocenters. The predicted molar refractivity (Wildman–Crippen MR) is 74.1 cm³/mol. The molecule has 3 heteroatoms. The highest BCUT2D eigenvalue weighted by Gasteiger charge is 2.28. The first kappa shape index (κ1) is 12.5. The van der Waals surface area contributed by atoms with Crippen LogP contribution in [0.1, 0.15) is 23.6 Å². The van der Waals surface area contributed by atoms with E-state index in [1.54, 1.807) is 0 Å². The molecule has 0 saturated carbocycles. The highest BCUT2D eigenvalue weighted by molar-refractivity contribution is 5.64. The van der Waals surface area contributed by atoms with Gasteiger partial charge < -0.3 is 9.80 Å². The standard InChI is InChI=1S/C15H19N3/c1-10-6-12(3)15(7-11(10)2)18-13(4)17(5)9-14(18)8-16/h6-7,9,13H,1-5H3/t13-/m0/s1. The summed E-state index contributed by atoms with van der Waals surface area (Å²) in [6.07, 6.45) is 2.08. The zero-order valence-electron chi connectivity index (χ0n) is 11.7. The van der Waals surface area contributed by atoms with Gasteiger partial charge in [0.15, 0.2) is 0 Å². The Balaban J connectivity index is 2.53. The topological polar surface area (TPSA) is 30.3 Å². The fourth-order valence-corrected chi connectivity index (χ4v) is 2.36. The zero-order chi connectivity index (χ0) is 13.4. The average molecular weight is 241 g/mol. The Morgan fingerprint density at radius 3 is 2.33 bits per heavy atom. The number of hydrogen-bond donors (Lipinski definition) is 0. The number of nitriles is 1. The number of anilines is 1. The summed E-state index contributed by atoms with van der Waals surface area (Å²) in [6.45, 7) is 8.43. The first-order valence-corrected chi connectivity index (χ1v) is 6.16. The van der Waals surface area contributed by atoms with E-state index in [9.17, 15) is 5.26 Å². The van der Waals surface area contributed by atoms with Crippen LogP contribution in [0.3, 0.4) is 0 Å². The van der Waals surface area contributed by atoms with E-state index >= 15 is 0 Å². The lowest BCUT2D eigenvalue weighted by molar-refractivity contribution is 0.382. The molecule has 1 aliphatic rings. The SMILES string of the molecule is Cc1cc(C)c(N2C(C#N)=CN(C)[C@@H]2C)cc1C. The van der Waals surface area contributed by atoms with Crippen LogP contribution in [-0.2, 0) is 0 Å². The van der Waals surface area contributed by atoms with Crippen LogP contribution in [0.15, 0.2) is 24.0 Å². The third-order valence-corrected chi connectivity index (χ3v) is 3.73. The Labute approximate surface area is 109 Å². The maximum Gasteiger partial charge on any atom is 0.138 e. The van der Waals surface area contributed by atoms with Crippen LogP contribution in [0.25, 0.3) is 0 Å². The molecule has 94 valence electrons. The quantitative estimate of drug-likeness (QED) is 0.757. The molecule has 1 aromatic rings. The monoisotopic (exact) mass is 241 g/mol. The van der Waals surface area contributed by atoms with Crippen molar-refractivity contribution in [3.05, 3.63) is 40.7 Å². The number of rotatable bonds is 1. The van der Waals surface area contributed by atoms with Crippen molar-refractivity contribution in [2.45, 2.75) is 33.9 Å². The van der Waals surface area contributed by atoms with Gasteiger partial charge in [0.05, 0.1) is 0 Å². The molecule has 0 bridgehead atoms. The van der Waals surface area contributed by atoms with Crippen molar-refractivity contribution in [3.8, 4) is 6.07 Å². The van der Waals surface area contributed by atoms with E-state index in [4.69, 9.17) is 0 Å². The number of aryl methyl sites for hydroxylation is 3. The van der Waals surface area contributed by atoms with E-state index < -0.39 is 0 Å². The Kier molecular flexibility index (Phi) is 3.04. The van der Waals surface area contributed by atoms with Crippen molar-refractivity contribution in [2.24, 2.45) is 0 Å². The van der Waals surface area contributed by atoms with E-state index in [-0.39, 0.29) is 6.17 Å². The summed E-state index contributed by atoms with van der Waals surface area (Å²) in [6, 6.07) is 6.64. The van der Waals surface area contributed by atoms with Crippen molar-refractivity contribution in [1.29, 1.82) is 5.26 Å². The summed E-state index contributed by atoms with van der Waals surface area (Å²) in [5.74, 6) is 0. The average Bonchev–Trinajstić information content (AvgIpc) is 2.60. The first-order chi connectivity index (χ1) is 8.45. The van der Waals surface area contributed by atoms with Gasteiger partial charge in [0.2, 0.25) is 0 Å². The van der Waals surface area contributed by atoms with Crippen LogP contribution >= 0.6 is 0 Å². The number of allylic oxidation sites excluding steroid dienone is 1. The zero-order valence-corrected chi connectivity index (χ0v) is 11.7. The number of hydrogen-bond acceptors (Lipinski definition) is 3. The lowest BCUT2D eigenvalue weighted by atomic mass is 10.0. The molecule has 18 heavy (non-hydrogen) atoms. The van der Waals surface area contributed by atoms with Gasteiger partial charge in [0.1, 0.15) is 17.9 Å². The second kappa shape index (κ2) is 4.38. The number of nitrogens with zero attached hydrogens (tertiary/aromatic N) is 3. The molecule has 1 aromatic carbocycles. The molecule has 2 rings (SSSR count). The van der Waals surface area contributed by atoms with Gasteiger partial charge in [-0.1, -0.05) is 6.07 Å². The largest absolute Gasteiger partial charge is 0.358 e. The van der Waals surface area contributed by atoms with Gasteiger partial charge in [-0.3, -0.25) is 0 Å². The molecule has 0 N–H and O–H groups in total. The summed E-state index contributed by atoms with van der Waals surface area (Å²) >= 11 is 0. The van der Waals surface area contributed by atoms with Crippen molar-refractivity contribution < 1.29 is 0 Å². The van der Waals surface area contributed by atoms with Gasteiger partial charge in [0, 0.05) is 18.9 Å². The highest BCUT2D eigenvalue weighted by atomic mass is 15.4. The fourth-order valence-electron chi connectivity index (χ4n) is 2.36. The van der Waals surface area contributed by atoms with Gasteiger partial charge in [-0.05, 0) is 50.5 Å². The Hall–Kier alpha value is -1.95. The van der Waals surface area contributed by atoms with E-state index in [0.717, 1.165) is 5.69 Å². The molecule has 0 aliphatic carbocycles. The van der Waals surface area contributed by atoms with Crippen LogP contribution in [0, 0.1) is 32.1 Å². The lowest BCUT2D eigenvalue weighted by Gasteiger charge is -2.29. The summed E-state index contributed by atoms with van der Waals surface area (Å²) in [4.78, 5) is 4.16. The van der Waals surface area contributed by atoms with Crippen molar-refractivity contribution >= 4 is 5.69 Å². The molecule has 0 unspecified atom stereocenters. The Morgan fingerprint density at radius 2 is 1.72 bits per heavy atom. The van der Waals surface area contributed by atoms with E-state index in [1.807, 2.05) is 13.2 Å². The smallest absolute Gasteiger partial charge is 0.138 e.